The van der Waals surface area contributed by atoms with Crippen LogP contribution in [0.4, 0.5) is 13.2 Å². The Balaban J connectivity index is 2.32. The highest BCUT2D eigenvalue weighted by atomic mass is 32.1. The molecule has 0 bridgehead atoms. The molecule has 1 heterocycles. The van der Waals surface area contributed by atoms with Crippen molar-refractivity contribution in [3.05, 3.63) is 15.6 Å². The summed E-state index contributed by atoms with van der Waals surface area (Å²) in [6, 6.07) is 0. The number of halogens is 3. The minimum Gasteiger partial charge on any atom is -0.372 e. The molecule has 0 atom stereocenters. The van der Waals surface area contributed by atoms with E-state index in [4.69, 9.17) is 0 Å². The first-order valence-electron chi connectivity index (χ1n) is 7.41. The van der Waals surface area contributed by atoms with Gasteiger partial charge in [0.25, 0.3) is 0 Å². The molecule has 0 fully saturated rings. The number of nitrogens with one attached hydrogen (secondary N) is 2. The highest BCUT2D eigenvalue weighted by Crippen LogP contribution is 2.17. The molecular weight excluding hydrogens is 329 g/mol. The van der Waals surface area contributed by atoms with Gasteiger partial charge in [-0.05, 0) is 27.2 Å². The van der Waals surface area contributed by atoms with Crippen LogP contribution in [0.2, 0.25) is 0 Å². The smallest absolute Gasteiger partial charge is 0.372 e. The molecule has 0 amide bonds. The van der Waals surface area contributed by atoms with Crippen LogP contribution in [-0.4, -0.2) is 43.4 Å². The number of rotatable bonds is 8. The summed E-state index contributed by atoms with van der Waals surface area (Å²) in [5.74, 6) is 0.619. The molecule has 1 aromatic rings. The van der Waals surface area contributed by atoms with Gasteiger partial charge in [-0.15, -0.1) is 11.3 Å². The standard InChI is InChI=1S/C14H23F3N4OS/c1-4-18-13(19-6-5-7-22-9-14(15,16)17)20-8-12-21-10(2)11(3)23-12/h4-9H2,1-3H3,(H2,18,19,20). The number of nitrogens with zero attached hydrogens (tertiary/aromatic N) is 2. The lowest BCUT2D eigenvalue weighted by molar-refractivity contribution is -0.173. The van der Waals surface area contributed by atoms with E-state index in [1.165, 1.54) is 4.88 Å². The molecule has 5 nitrogen and oxygen atoms in total. The monoisotopic (exact) mass is 352 g/mol. The third-order valence-corrected chi connectivity index (χ3v) is 3.87. The van der Waals surface area contributed by atoms with Crippen molar-refractivity contribution in [1.82, 2.24) is 15.6 Å². The molecule has 0 unspecified atom stereocenters. The molecule has 0 saturated carbocycles. The third kappa shape index (κ3) is 8.75. The Morgan fingerprint density at radius 2 is 2.04 bits per heavy atom. The zero-order valence-electron chi connectivity index (χ0n) is 13.6. The first kappa shape index (κ1) is 19.7. The average Bonchev–Trinajstić information content (AvgIpc) is 2.77. The highest BCUT2D eigenvalue weighted by Gasteiger charge is 2.27. The van der Waals surface area contributed by atoms with E-state index in [1.807, 2.05) is 20.8 Å². The molecular formula is C14H23F3N4OS. The van der Waals surface area contributed by atoms with Crippen LogP contribution in [0.15, 0.2) is 4.99 Å². The minimum absolute atomic E-state index is 0.0524. The third-order valence-electron chi connectivity index (χ3n) is 2.81. The summed E-state index contributed by atoms with van der Waals surface area (Å²) in [4.78, 5) is 10.0. The maximum Gasteiger partial charge on any atom is 0.411 e. The second-order valence-electron chi connectivity index (χ2n) is 4.89. The Morgan fingerprint density at radius 1 is 1.30 bits per heavy atom. The number of ether oxygens (including phenoxy) is 1. The van der Waals surface area contributed by atoms with E-state index in [2.05, 4.69) is 25.3 Å². The lowest BCUT2D eigenvalue weighted by atomic mass is 10.4. The van der Waals surface area contributed by atoms with Crippen molar-refractivity contribution in [2.75, 3.05) is 26.3 Å². The van der Waals surface area contributed by atoms with Crippen LogP contribution in [0.5, 0.6) is 0 Å². The number of hydrogen-bond acceptors (Lipinski definition) is 4. The normalized spacial score (nSPS) is 12.5. The van der Waals surface area contributed by atoms with E-state index >= 15 is 0 Å². The van der Waals surface area contributed by atoms with Crippen LogP contribution in [0.25, 0.3) is 0 Å². The fraction of sp³-hybridized carbons (Fsp3) is 0.714. The van der Waals surface area contributed by atoms with Crippen molar-refractivity contribution in [2.24, 2.45) is 4.99 Å². The topological polar surface area (TPSA) is 58.5 Å². The largest absolute Gasteiger partial charge is 0.411 e. The Hall–Kier alpha value is -1.35. The summed E-state index contributed by atoms with van der Waals surface area (Å²) < 4.78 is 40.3. The van der Waals surface area contributed by atoms with Gasteiger partial charge in [0, 0.05) is 24.6 Å². The first-order valence-corrected chi connectivity index (χ1v) is 8.23. The predicted octanol–water partition coefficient (Wildman–Crippen LogP) is 2.78. The Kier molecular flexibility index (Phi) is 8.32. The summed E-state index contributed by atoms with van der Waals surface area (Å²) in [6.45, 7) is 6.43. The molecule has 9 heteroatoms. The summed E-state index contributed by atoms with van der Waals surface area (Å²) in [5, 5.41) is 7.08. The van der Waals surface area contributed by atoms with Gasteiger partial charge in [-0.25, -0.2) is 9.98 Å². The van der Waals surface area contributed by atoms with Crippen LogP contribution >= 0.6 is 11.3 Å². The van der Waals surface area contributed by atoms with E-state index < -0.39 is 12.8 Å². The molecule has 0 aliphatic rings. The number of aryl methyl sites for hydroxylation is 2. The van der Waals surface area contributed by atoms with Crippen molar-refractivity contribution in [1.29, 1.82) is 0 Å². The van der Waals surface area contributed by atoms with E-state index in [-0.39, 0.29) is 6.61 Å². The number of aromatic nitrogens is 1. The fourth-order valence-electron chi connectivity index (χ4n) is 1.66. The van der Waals surface area contributed by atoms with Gasteiger partial charge in [0.05, 0.1) is 12.2 Å². The SMILES string of the molecule is CCNC(=NCc1nc(C)c(C)s1)NCCCOCC(F)(F)F. The van der Waals surface area contributed by atoms with Gasteiger partial charge >= 0.3 is 6.18 Å². The first-order chi connectivity index (χ1) is 10.8. The zero-order chi connectivity index (χ0) is 17.3. The fourth-order valence-corrected chi connectivity index (χ4v) is 2.52. The van der Waals surface area contributed by atoms with Crippen molar-refractivity contribution in [2.45, 2.75) is 39.9 Å². The Morgan fingerprint density at radius 3 is 2.61 bits per heavy atom. The molecule has 0 aliphatic heterocycles. The van der Waals surface area contributed by atoms with Crippen molar-refractivity contribution < 1.29 is 17.9 Å². The van der Waals surface area contributed by atoms with Crippen LogP contribution in [0.1, 0.15) is 28.9 Å². The van der Waals surface area contributed by atoms with E-state index in [0.29, 0.717) is 32.0 Å². The van der Waals surface area contributed by atoms with E-state index in [0.717, 1.165) is 10.7 Å². The second kappa shape index (κ2) is 9.71. The number of hydrogen-bond donors (Lipinski definition) is 2. The maximum absolute atomic E-state index is 11.9. The Bertz CT molecular complexity index is 483. The second-order valence-corrected chi connectivity index (χ2v) is 6.18. The number of alkyl halides is 3. The van der Waals surface area contributed by atoms with Gasteiger partial charge in [0.15, 0.2) is 5.96 Å². The molecule has 132 valence electrons. The van der Waals surface area contributed by atoms with Crippen molar-refractivity contribution in [3.63, 3.8) is 0 Å². The molecule has 0 aliphatic carbocycles. The van der Waals surface area contributed by atoms with E-state index in [1.54, 1.807) is 11.3 Å². The molecule has 0 radical (unpaired) electrons. The molecule has 0 aromatic carbocycles. The average molecular weight is 352 g/mol. The van der Waals surface area contributed by atoms with Gasteiger partial charge in [-0.3, -0.25) is 0 Å². The Labute approximate surface area is 138 Å². The summed E-state index contributed by atoms with van der Waals surface area (Å²) in [5.41, 5.74) is 1.01. The van der Waals surface area contributed by atoms with Crippen molar-refractivity contribution >= 4 is 17.3 Å². The van der Waals surface area contributed by atoms with Gasteiger partial charge in [0.1, 0.15) is 11.6 Å². The van der Waals surface area contributed by atoms with Crippen molar-refractivity contribution in [3.8, 4) is 0 Å². The lowest BCUT2D eigenvalue weighted by Crippen LogP contribution is -2.38. The zero-order valence-corrected chi connectivity index (χ0v) is 14.4. The number of guanidine groups is 1. The molecule has 0 spiro atoms. The minimum atomic E-state index is -4.27. The van der Waals surface area contributed by atoms with E-state index in [9.17, 15) is 13.2 Å². The van der Waals surface area contributed by atoms with Crippen LogP contribution in [-0.2, 0) is 11.3 Å². The quantitative estimate of drug-likeness (QED) is 0.429. The van der Waals surface area contributed by atoms with Gasteiger partial charge < -0.3 is 15.4 Å². The van der Waals surface area contributed by atoms with Gasteiger partial charge in [0.2, 0.25) is 0 Å². The number of aliphatic imine (C=N–C) groups is 1. The predicted molar refractivity (Wildman–Crippen MR) is 85.9 cm³/mol. The molecule has 1 rings (SSSR count). The van der Waals surface area contributed by atoms with Gasteiger partial charge in [-0.1, -0.05) is 0 Å². The molecule has 1 aromatic heterocycles. The maximum atomic E-state index is 11.9. The summed E-state index contributed by atoms with van der Waals surface area (Å²) in [6.07, 6.45) is -3.80. The van der Waals surface area contributed by atoms with Crippen LogP contribution in [0.3, 0.4) is 0 Å². The highest BCUT2D eigenvalue weighted by molar-refractivity contribution is 7.11. The number of thiazole rings is 1. The lowest BCUT2D eigenvalue weighted by Gasteiger charge is -2.11. The van der Waals surface area contributed by atoms with Crippen LogP contribution in [0, 0.1) is 13.8 Å². The molecule has 2 N–H and O–H groups in total. The summed E-state index contributed by atoms with van der Waals surface area (Å²) in [7, 11) is 0. The molecule has 23 heavy (non-hydrogen) atoms. The summed E-state index contributed by atoms with van der Waals surface area (Å²) >= 11 is 1.61. The van der Waals surface area contributed by atoms with Gasteiger partial charge in [-0.2, -0.15) is 13.2 Å². The van der Waals surface area contributed by atoms with Crippen LogP contribution < -0.4 is 10.6 Å². The molecule has 0 saturated heterocycles.